The molecular weight excluding hydrogens is 303 g/mol. The van der Waals surface area contributed by atoms with Crippen LogP contribution in [0.15, 0.2) is 24.3 Å². The van der Waals surface area contributed by atoms with Gasteiger partial charge in [-0.25, -0.2) is 9.18 Å². The number of carbonyl (C=O) groups is 2. The predicted molar refractivity (Wildman–Crippen MR) is 82.2 cm³/mol. The minimum Gasteiger partial charge on any atom is -0.438 e. The highest BCUT2D eigenvalue weighted by atomic mass is 19.1. The molecule has 1 fully saturated rings. The van der Waals surface area contributed by atoms with E-state index in [4.69, 9.17) is 4.74 Å². The number of cyclic esters (lactones) is 1. The van der Waals surface area contributed by atoms with Crippen molar-refractivity contribution < 1.29 is 23.8 Å². The Hall–Kier alpha value is -2.15. The van der Waals surface area contributed by atoms with Crippen LogP contribution in [0, 0.1) is 5.82 Å². The van der Waals surface area contributed by atoms with Crippen molar-refractivity contribution >= 4 is 17.7 Å². The van der Waals surface area contributed by atoms with Gasteiger partial charge in [0.1, 0.15) is 5.82 Å². The number of nitrogens with zero attached hydrogens (tertiary/aromatic N) is 1. The molecule has 2 amide bonds. The Morgan fingerprint density at radius 3 is 2.61 bits per heavy atom. The van der Waals surface area contributed by atoms with E-state index in [1.54, 1.807) is 19.9 Å². The van der Waals surface area contributed by atoms with Crippen LogP contribution in [0.5, 0.6) is 0 Å². The summed E-state index contributed by atoms with van der Waals surface area (Å²) in [6, 6.07) is 5.81. The van der Waals surface area contributed by atoms with E-state index in [-0.39, 0.29) is 18.7 Å². The van der Waals surface area contributed by atoms with Crippen LogP contribution in [0.2, 0.25) is 0 Å². The second kappa shape index (κ2) is 6.16. The van der Waals surface area contributed by atoms with Crippen molar-refractivity contribution in [1.82, 2.24) is 4.90 Å². The number of rotatable bonds is 5. The molecule has 7 heteroatoms. The third-order valence-corrected chi connectivity index (χ3v) is 4.45. The van der Waals surface area contributed by atoms with Gasteiger partial charge in [0.25, 0.3) is 0 Å². The summed E-state index contributed by atoms with van der Waals surface area (Å²) in [6.07, 6.45) is -0.318. The first-order chi connectivity index (χ1) is 10.7. The molecule has 0 aromatic heterocycles. The lowest BCUT2D eigenvalue weighted by Crippen LogP contribution is -2.55. The van der Waals surface area contributed by atoms with Gasteiger partial charge in [0.05, 0.1) is 5.69 Å². The zero-order chi connectivity index (χ0) is 17.3. The molecule has 1 aliphatic rings. The Morgan fingerprint density at radius 2 is 2.04 bits per heavy atom. The lowest BCUT2D eigenvalue weighted by Gasteiger charge is -2.36. The van der Waals surface area contributed by atoms with Crippen molar-refractivity contribution in [3.63, 3.8) is 0 Å². The van der Waals surface area contributed by atoms with Crippen LogP contribution in [0.4, 0.5) is 14.9 Å². The van der Waals surface area contributed by atoms with E-state index in [0.29, 0.717) is 6.42 Å². The second-order valence-corrected chi connectivity index (χ2v) is 5.90. The molecule has 2 N–H and O–H groups in total. The lowest BCUT2D eigenvalue weighted by molar-refractivity contribution is -0.139. The molecule has 1 aromatic carbocycles. The number of carbonyl (C=O) groups excluding carboxylic acids is 2. The summed E-state index contributed by atoms with van der Waals surface area (Å²) in [5, 5.41) is 13.0. The molecule has 6 nitrogen and oxygen atoms in total. The van der Waals surface area contributed by atoms with Crippen molar-refractivity contribution in [2.24, 2.45) is 0 Å². The number of benzene rings is 1. The SMILES string of the molecule is CC[C@]1(C)OC(=O)N(CCC(=O)Nc2ccccc2F)[C@]1(C)O. The van der Waals surface area contributed by atoms with Crippen molar-refractivity contribution in [2.45, 2.75) is 44.9 Å². The fraction of sp³-hybridized carbons (Fsp3) is 0.500. The van der Waals surface area contributed by atoms with E-state index >= 15 is 0 Å². The molecule has 1 saturated heterocycles. The number of hydrogen-bond donors (Lipinski definition) is 2. The van der Waals surface area contributed by atoms with E-state index in [9.17, 15) is 19.1 Å². The summed E-state index contributed by atoms with van der Waals surface area (Å²) in [7, 11) is 0. The van der Waals surface area contributed by atoms with Gasteiger partial charge in [-0.2, -0.15) is 0 Å². The maximum Gasteiger partial charge on any atom is 0.412 e. The predicted octanol–water partition coefficient (Wildman–Crippen LogP) is 2.48. The van der Waals surface area contributed by atoms with Crippen LogP contribution >= 0.6 is 0 Å². The van der Waals surface area contributed by atoms with Crippen LogP contribution in [-0.4, -0.2) is 39.9 Å². The molecule has 0 unspecified atom stereocenters. The molecule has 126 valence electrons. The molecule has 0 bridgehead atoms. The molecule has 1 heterocycles. The highest BCUT2D eigenvalue weighted by Gasteiger charge is 2.58. The van der Waals surface area contributed by atoms with Gasteiger partial charge in [-0.05, 0) is 32.4 Å². The molecule has 23 heavy (non-hydrogen) atoms. The topological polar surface area (TPSA) is 78.9 Å². The smallest absolute Gasteiger partial charge is 0.412 e. The monoisotopic (exact) mass is 324 g/mol. The highest BCUT2D eigenvalue weighted by Crippen LogP contribution is 2.39. The third-order valence-electron chi connectivity index (χ3n) is 4.45. The van der Waals surface area contributed by atoms with Crippen LogP contribution in [0.1, 0.15) is 33.6 Å². The molecule has 2 atom stereocenters. The minimum atomic E-state index is -1.52. The van der Waals surface area contributed by atoms with E-state index in [2.05, 4.69) is 5.32 Å². The Balaban J connectivity index is 1.99. The molecule has 0 radical (unpaired) electrons. The number of aliphatic hydroxyl groups is 1. The van der Waals surface area contributed by atoms with Gasteiger partial charge in [-0.3, -0.25) is 9.69 Å². The molecular formula is C16H21FN2O4. The number of amides is 2. The second-order valence-electron chi connectivity index (χ2n) is 5.90. The average molecular weight is 324 g/mol. The number of anilines is 1. The van der Waals surface area contributed by atoms with Gasteiger partial charge in [0.15, 0.2) is 11.3 Å². The van der Waals surface area contributed by atoms with Crippen molar-refractivity contribution in [2.75, 3.05) is 11.9 Å². The molecule has 2 rings (SSSR count). The van der Waals surface area contributed by atoms with Crippen LogP contribution in [-0.2, 0) is 9.53 Å². The van der Waals surface area contributed by atoms with Crippen molar-refractivity contribution in [1.29, 1.82) is 0 Å². The summed E-state index contributed by atoms with van der Waals surface area (Å²) >= 11 is 0. The minimum absolute atomic E-state index is 0.0261. The average Bonchev–Trinajstić information content (AvgIpc) is 2.65. The summed E-state index contributed by atoms with van der Waals surface area (Å²) < 4.78 is 18.7. The molecule has 0 spiro atoms. The maximum absolute atomic E-state index is 13.5. The number of halogens is 1. The van der Waals surface area contributed by atoms with Gasteiger partial charge in [0.2, 0.25) is 5.91 Å². The first kappa shape index (κ1) is 17.2. The maximum atomic E-state index is 13.5. The van der Waals surface area contributed by atoms with Crippen LogP contribution < -0.4 is 5.32 Å². The number of hydrogen-bond acceptors (Lipinski definition) is 4. The number of para-hydroxylation sites is 1. The van der Waals surface area contributed by atoms with Crippen LogP contribution in [0.3, 0.4) is 0 Å². The fourth-order valence-corrected chi connectivity index (χ4v) is 2.51. The first-order valence-electron chi connectivity index (χ1n) is 7.48. The van der Waals surface area contributed by atoms with Crippen LogP contribution in [0.25, 0.3) is 0 Å². The zero-order valence-electron chi connectivity index (χ0n) is 13.4. The largest absolute Gasteiger partial charge is 0.438 e. The lowest BCUT2D eigenvalue weighted by atomic mass is 9.91. The molecule has 0 aliphatic carbocycles. The summed E-state index contributed by atoms with van der Waals surface area (Å²) in [6.45, 7) is 4.90. The van der Waals surface area contributed by atoms with Crippen molar-refractivity contribution in [3.05, 3.63) is 30.1 Å². The third kappa shape index (κ3) is 3.14. The Morgan fingerprint density at radius 1 is 1.39 bits per heavy atom. The normalized spacial score (nSPS) is 27.0. The molecule has 0 saturated carbocycles. The van der Waals surface area contributed by atoms with Crippen molar-refractivity contribution in [3.8, 4) is 0 Å². The zero-order valence-corrected chi connectivity index (χ0v) is 13.4. The standard InChI is InChI=1S/C16H21FN2O4/c1-4-15(2)16(3,22)19(14(21)23-15)10-9-13(20)18-12-8-6-5-7-11(12)17/h5-8,22H,4,9-10H2,1-3H3,(H,18,20)/t15-,16+/m0/s1. The number of nitrogens with one attached hydrogen (secondary N) is 1. The first-order valence-corrected chi connectivity index (χ1v) is 7.48. The van der Waals surface area contributed by atoms with E-state index in [1.807, 2.05) is 0 Å². The molecule has 1 aliphatic heterocycles. The summed E-state index contributed by atoms with van der Waals surface area (Å²) in [5.74, 6) is -0.990. The Bertz CT molecular complexity index is 620. The highest BCUT2D eigenvalue weighted by molar-refractivity contribution is 5.91. The number of ether oxygens (including phenoxy) is 1. The van der Waals surface area contributed by atoms with Gasteiger partial charge < -0.3 is 15.2 Å². The summed E-state index contributed by atoms with van der Waals surface area (Å²) in [5.41, 5.74) is -2.48. The van der Waals surface area contributed by atoms with Gasteiger partial charge in [-0.1, -0.05) is 19.1 Å². The molecule has 1 aromatic rings. The van der Waals surface area contributed by atoms with E-state index in [1.165, 1.54) is 25.1 Å². The van der Waals surface area contributed by atoms with Gasteiger partial charge in [-0.15, -0.1) is 0 Å². The summed E-state index contributed by atoms with van der Waals surface area (Å²) in [4.78, 5) is 25.0. The fourth-order valence-electron chi connectivity index (χ4n) is 2.51. The van der Waals surface area contributed by atoms with E-state index in [0.717, 1.165) is 4.90 Å². The van der Waals surface area contributed by atoms with Gasteiger partial charge >= 0.3 is 6.09 Å². The van der Waals surface area contributed by atoms with E-state index < -0.39 is 29.1 Å². The quantitative estimate of drug-likeness (QED) is 0.872. The van der Waals surface area contributed by atoms with Gasteiger partial charge in [0, 0.05) is 13.0 Å². The Kier molecular flexibility index (Phi) is 4.61. The Labute approximate surface area is 134 Å².